The van der Waals surface area contributed by atoms with Crippen molar-refractivity contribution in [3.05, 3.63) is 41.7 Å². The molecular formula is C11H5ClF3N5. The van der Waals surface area contributed by atoms with Gasteiger partial charge in [0.1, 0.15) is 17.2 Å². The van der Waals surface area contributed by atoms with Crippen molar-refractivity contribution in [3.63, 3.8) is 0 Å². The zero-order chi connectivity index (χ0) is 14.3. The van der Waals surface area contributed by atoms with Gasteiger partial charge in [0.2, 0.25) is 5.78 Å². The Kier molecular flexibility index (Phi) is 2.82. The molecule has 102 valence electrons. The van der Waals surface area contributed by atoms with Crippen LogP contribution in [0.5, 0.6) is 0 Å². The lowest BCUT2D eigenvalue weighted by Gasteiger charge is -2.06. The molecule has 0 aliphatic carbocycles. The normalized spacial score (nSPS) is 12.0. The summed E-state index contributed by atoms with van der Waals surface area (Å²) in [6, 6.07) is 2.36. The molecule has 0 aliphatic rings. The van der Waals surface area contributed by atoms with Gasteiger partial charge in [-0.15, -0.1) is 0 Å². The standard InChI is InChI=1S/C11H5ClF3N5/c12-9-3-6(17-5-18-9)7-4-16-10-19-8(11(13,14)15)1-2-20(7)10/h1-5H. The lowest BCUT2D eigenvalue weighted by molar-refractivity contribution is -0.141. The molecule has 0 saturated heterocycles. The third kappa shape index (κ3) is 2.18. The van der Waals surface area contributed by atoms with Gasteiger partial charge in [-0.25, -0.2) is 19.9 Å². The highest BCUT2D eigenvalue weighted by Gasteiger charge is 2.33. The van der Waals surface area contributed by atoms with Crippen LogP contribution in [0.4, 0.5) is 13.2 Å². The fourth-order valence-electron chi connectivity index (χ4n) is 1.69. The SMILES string of the molecule is FC(F)(F)c1ccn2c(-c3cc(Cl)ncn3)cnc2n1. The zero-order valence-electron chi connectivity index (χ0n) is 9.63. The molecule has 0 amide bonds. The summed E-state index contributed by atoms with van der Waals surface area (Å²) in [6.45, 7) is 0. The molecule has 0 bridgehead atoms. The van der Waals surface area contributed by atoms with Gasteiger partial charge in [0.05, 0.1) is 17.6 Å². The van der Waals surface area contributed by atoms with Gasteiger partial charge in [-0.2, -0.15) is 13.2 Å². The number of alkyl halides is 3. The molecule has 0 N–H and O–H groups in total. The van der Waals surface area contributed by atoms with Crippen molar-refractivity contribution in [2.75, 3.05) is 0 Å². The maximum absolute atomic E-state index is 12.6. The van der Waals surface area contributed by atoms with Crippen LogP contribution in [0.3, 0.4) is 0 Å². The van der Waals surface area contributed by atoms with Crippen molar-refractivity contribution in [1.29, 1.82) is 0 Å². The number of hydrogen-bond acceptors (Lipinski definition) is 4. The first-order chi connectivity index (χ1) is 9.45. The number of imidazole rings is 1. The van der Waals surface area contributed by atoms with Crippen LogP contribution in [0, 0.1) is 0 Å². The Hall–Kier alpha value is -2.22. The number of fused-ring (bicyclic) bond motifs is 1. The fourth-order valence-corrected chi connectivity index (χ4v) is 1.84. The summed E-state index contributed by atoms with van der Waals surface area (Å²) < 4.78 is 39.1. The molecule has 0 unspecified atom stereocenters. The van der Waals surface area contributed by atoms with Crippen molar-refractivity contribution in [2.24, 2.45) is 0 Å². The topological polar surface area (TPSA) is 56.0 Å². The third-order valence-electron chi connectivity index (χ3n) is 2.57. The minimum atomic E-state index is -4.51. The van der Waals surface area contributed by atoms with E-state index in [-0.39, 0.29) is 10.9 Å². The number of aromatic nitrogens is 5. The van der Waals surface area contributed by atoms with Gasteiger partial charge in [-0.1, -0.05) is 11.6 Å². The summed E-state index contributed by atoms with van der Waals surface area (Å²) in [7, 11) is 0. The number of nitrogens with zero attached hydrogens (tertiary/aromatic N) is 5. The van der Waals surface area contributed by atoms with Crippen LogP contribution < -0.4 is 0 Å². The molecule has 0 radical (unpaired) electrons. The lowest BCUT2D eigenvalue weighted by atomic mass is 10.3. The second-order valence-electron chi connectivity index (χ2n) is 3.85. The van der Waals surface area contributed by atoms with Gasteiger partial charge in [0.15, 0.2) is 0 Å². The predicted molar refractivity (Wildman–Crippen MR) is 64.0 cm³/mol. The van der Waals surface area contributed by atoms with Gasteiger partial charge in [0, 0.05) is 12.3 Å². The van der Waals surface area contributed by atoms with Crippen LogP contribution in [0.25, 0.3) is 17.2 Å². The second-order valence-corrected chi connectivity index (χ2v) is 4.24. The van der Waals surface area contributed by atoms with Crippen molar-refractivity contribution in [2.45, 2.75) is 6.18 Å². The first-order valence-electron chi connectivity index (χ1n) is 5.34. The van der Waals surface area contributed by atoms with E-state index in [2.05, 4.69) is 19.9 Å². The summed E-state index contributed by atoms with van der Waals surface area (Å²) in [5, 5.41) is 0.227. The van der Waals surface area contributed by atoms with E-state index >= 15 is 0 Å². The smallest absolute Gasteiger partial charge is 0.282 e. The molecule has 3 aromatic heterocycles. The van der Waals surface area contributed by atoms with Crippen LogP contribution in [0.15, 0.2) is 30.9 Å². The van der Waals surface area contributed by atoms with Crippen molar-refractivity contribution in [3.8, 4) is 11.4 Å². The Labute approximate surface area is 115 Å². The number of hydrogen-bond donors (Lipinski definition) is 0. The zero-order valence-corrected chi connectivity index (χ0v) is 10.4. The Morgan fingerprint density at radius 3 is 2.65 bits per heavy atom. The van der Waals surface area contributed by atoms with Crippen molar-refractivity contribution in [1.82, 2.24) is 24.3 Å². The molecule has 0 atom stereocenters. The Balaban J connectivity index is 2.15. The highest BCUT2D eigenvalue weighted by Crippen LogP contribution is 2.28. The highest BCUT2D eigenvalue weighted by molar-refractivity contribution is 6.29. The van der Waals surface area contributed by atoms with E-state index in [9.17, 15) is 13.2 Å². The first-order valence-corrected chi connectivity index (χ1v) is 5.72. The maximum Gasteiger partial charge on any atom is 0.433 e. The minimum Gasteiger partial charge on any atom is -0.282 e. The Bertz CT molecular complexity index is 783. The van der Waals surface area contributed by atoms with Crippen molar-refractivity contribution >= 4 is 17.4 Å². The van der Waals surface area contributed by atoms with Gasteiger partial charge in [0.25, 0.3) is 0 Å². The molecule has 5 nitrogen and oxygen atoms in total. The largest absolute Gasteiger partial charge is 0.433 e. The van der Waals surface area contributed by atoms with Crippen LogP contribution in [0.2, 0.25) is 5.15 Å². The lowest BCUT2D eigenvalue weighted by Crippen LogP contribution is -2.09. The summed E-state index contributed by atoms with van der Waals surface area (Å²) in [6.07, 6.45) is -0.634. The van der Waals surface area contributed by atoms with Gasteiger partial charge in [-0.3, -0.25) is 4.40 Å². The van der Waals surface area contributed by atoms with E-state index in [1.165, 1.54) is 29.2 Å². The summed E-state index contributed by atoms with van der Waals surface area (Å²) >= 11 is 5.75. The molecule has 0 spiro atoms. The van der Waals surface area contributed by atoms with E-state index < -0.39 is 11.9 Å². The third-order valence-corrected chi connectivity index (χ3v) is 2.77. The van der Waals surface area contributed by atoms with Gasteiger partial charge in [-0.05, 0) is 6.07 Å². The van der Waals surface area contributed by atoms with E-state index in [1.807, 2.05) is 0 Å². The molecule has 9 heteroatoms. The van der Waals surface area contributed by atoms with Crippen LogP contribution >= 0.6 is 11.6 Å². The maximum atomic E-state index is 12.6. The summed E-state index contributed by atoms with van der Waals surface area (Å²) in [5.41, 5.74) is -0.0764. The van der Waals surface area contributed by atoms with E-state index in [4.69, 9.17) is 11.6 Å². The average molecular weight is 300 g/mol. The van der Waals surface area contributed by atoms with E-state index in [0.29, 0.717) is 11.4 Å². The van der Waals surface area contributed by atoms with Crippen LogP contribution in [-0.4, -0.2) is 24.3 Å². The molecule has 0 fully saturated rings. The van der Waals surface area contributed by atoms with Crippen LogP contribution in [0.1, 0.15) is 5.69 Å². The van der Waals surface area contributed by atoms with E-state index in [1.54, 1.807) is 0 Å². The van der Waals surface area contributed by atoms with Crippen molar-refractivity contribution < 1.29 is 13.2 Å². The monoisotopic (exact) mass is 299 g/mol. The van der Waals surface area contributed by atoms with Crippen LogP contribution in [-0.2, 0) is 6.18 Å². The predicted octanol–water partition coefficient (Wildman–Crippen LogP) is 2.86. The fraction of sp³-hybridized carbons (Fsp3) is 0.0909. The number of rotatable bonds is 1. The second kappa shape index (κ2) is 4.41. The molecule has 3 aromatic rings. The minimum absolute atomic E-state index is 0.0652. The molecule has 3 rings (SSSR count). The average Bonchev–Trinajstić information content (AvgIpc) is 2.80. The molecule has 3 heterocycles. The van der Waals surface area contributed by atoms with E-state index in [0.717, 1.165) is 6.07 Å². The quantitative estimate of drug-likeness (QED) is 0.648. The molecule has 0 saturated carbocycles. The number of halogens is 4. The highest BCUT2D eigenvalue weighted by atomic mass is 35.5. The molecule has 0 aromatic carbocycles. The molecular weight excluding hydrogens is 295 g/mol. The molecule has 0 aliphatic heterocycles. The Morgan fingerprint density at radius 2 is 1.95 bits per heavy atom. The Morgan fingerprint density at radius 1 is 1.15 bits per heavy atom. The van der Waals surface area contributed by atoms with Gasteiger partial charge < -0.3 is 0 Å². The first kappa shape index (κ1) is 12.8. The summed E-state index contributed by atoms with van der Waals surface area (Å²) in [4.78, 5) is 15.0. The molecule has 20 heavy (non-hydrogen) atoms. The van der Waals surface area contributed by atoms with Gasteiger partial charge >= 0.3 is 6.18 Å². The summed E-state index contributed by atoms with van der Waals surface area (Å²) in [5.74, 6) is -0.0652.